The Morgan fingerprint density at radius 1 is 1.47 bits per heavy atom. The van der Waals surface area contributed by atoms with Crippen LogP contribution in [0.2, 0.25) is 0 Å². The van der Waals surface area contributed by atoms with Crippen molar-refractivity contribution in [2.75, 3.05) is 0 Å². The SMILES string of the molecule is CCn1nc(CC(=O)C(O)C2CC2)c2ccccc21. The van der Waals surface area contributed by atoms with Crippen LogP contribution in [0.25, 0.3) is 10.9 Å². The third-order valence-corrected chi connectivity index (χ3v) is 3.77. The standard InChI is InChI=1S/C15H18N2O2/c1-2-17-13-6-4-3-5-11(13)12(16-17)9-14(18)15(19)10-7-8-10/h3-6,10,15,19H,2,7-9H2,1H3. The average molecular weight is 258 g/mol. The second-order valence-electron chi connectivity index (χ2n) is 5.20. The highest BCUT2D eigenvalue weighted by atomic mass is 16.3. The van der Waals surface area contributed by atoms with E-state index in [0.717, 1.165) is 36.0 Å². The second-order valence-corrected chi connectivity index (χ2v) is 5.20. The zero-order valence-corrected chi connectivity index (χ0v) is 11.0. The molecule has 1 N–H and O–H groups in total. The molecule has 1 aromatic carbocycles. The molecule has 3 rings (SSSR count). The topological polar surface area (TPSA) is 55.1 Å². The predicted molar refractivity (Wildman–Crippen MR) is 72.8 cm³/mol. The quantitative estimate of drug-likeness (QED) is 0.891. The molecule has 0 bridgehead atoms. The first-order chi connectivity index (χ1) is 9.20. The minimum atomic E-state index is -0.800. The summed E-state index contributed by atoms with van der Waals surface area (Å²) >= 11 is 0. The molecule has 1 aliphatic rings. The van der Waals surface area contributed by atoms with Crippen LogP contribution in [0.1, 0.15) is 25.5 Å². The fraction of sp³-hybridized carbons (Fsp3) is 0.467. The lowest BCUT2D eigenvalue weighted by Gasteiger charge is -2.06. The van der Waals surface area contributed by atoms with Crippen LogP contribution < -0.4 is 0 Å². The number of nitrogens with zero attached hydrogens (tertiary/aromatic N) is 2. The summed E-state index contributed by atoms with van der Waals surface area (Å²) in [6, 6.07) is 7.92. The van der Waals surface area contributed by atoms with E-state index >= 15 is 0 Å². The van der Waals surface area contributed by atoms with Gasteiger partial charge in [0.1, 0.15) is 6.10 Å². The summed E-state index contributed by atoms with van der Waals surface area (Å²) in [4.78, 5) is 12.0. The van der Waals surface area contributed by atoms with E-state index < -0.39 is 6.10 Å². The van der Waals surface area contributed by atoms with Gasteiger partial charge in [-0.05, 0) is 31.7 Å². The number of para-hydroxylation sites is 1. The van der Waals surface area contributed by atoms with Crippen LogP contribution in [-0.4, -0.2) is 26.8 Å². The monoisotopic (exact) mass is 258 g/mol. The third kappa shape index (κ3) is 2.28. The van der Waals surface area contributed by atoms with E-state index in [1.807, 2.05) is 35.9 Å². The summed E-state index contributed by atoms with van der Waals surface area (Å²) in [5.74, 6) is 0.0843. The van der Waals surface area contributed by atoms with E-state index in [2.05, 4.69) is 5.10 Å². The van der Waals surface area contributed by atoms with Crippen LogP contribution in [-0.2, 0) is 17.8 Å². The van der Waals surface area contributed by atoms with E-state index in [-0.39, 0.29) is 18.1 Å². The lowest BCUT2D eigenvalue weighted by atomic mass is 10.0. The number of Topliss-reactive ketones (excluding diaryl/α,β-unsaturated/α-hetero) is 1. The fourth-order valence-electron chi connectivity index (χ4n) is 2.51. The zero-order valence-electron chi connectivity index (χ0n) is 11.0. The molecule has 0 radical (unpaired) electrons. The van der Waals surface area contributed by atoms with Gasteiger partial charge in [0, 0.05) is 11.9 Å². The van der Waals surface area contributed by atoms with Crippen molar-refractivity contribution in [2.45, 2.75) is 38.8 Å². The number of hydrogen-bond acceptors (Lipinski definition) is 3. The molecule has 1 aliphatic carbocycles. The first kappa shape index (κ1) is 12.4. The van der Waals surface area contributed by atoms with E-state index in [1.54, 1.807) is 0 Å². The van der Waals surface area contributed by atoms with Crippen LogP contribution in [0.4, 0.5) is 0 Å². The van der Waals surface area contributed by atoms with Crippen molar-refractivity contribution in [1.82, 2.24) is 9.78 Å². The van der Waals surface area contributed by atoms with Gasteiger partial charge in [-0.25, -0.2) is 0 Å². The maximum absolute atomic E-state index is 12.0. The summed E-state index contributed by atoms with van der Waals surface area (Å²) < 4.78 is 1.90. The molecular weight excluding hydrogens is 240 g/mol. The number of hydrogen-bond donors (Lipinski definition) is 1. The predicted octanol–water partition coefficient (Wildman–Crippen LogP) is 1.94. The molecule has 1 aromatic heterocycles. The Hall–Kier alpha value is -1.68. The summed E-state index contributed by atoms with van der Waals surface area (Å²) in [7, 11) is 0. The van der Waals surface area contributed by atoms with Crippen molar-refractivity contribution in [3.63, 3.8) is 0 Å². The van der Waals surface area contributed by atoms with Gasteiger partial charge in [-0.3, -0.25) is 9.48 Å². The van der Waals surface area contributed by atoms with Gasteiger partial charge >= 0.3 is 0 Å². The molecular formula is C15H18N2O2. The van der Waals surface area contributed by atoms with Crippen LogP contribution in [0, 0.1) is 5.92 Å². The molecule has 2 aromatic rings. The van der Waals surface area contributed by atoms with Crippen molar-refractivity contribution in [3.8, 4) is 0 Å². The largest absolute Gasteiger partial charge is 0.385 e. The number of aromatic nitrogens is 2. The molecule has 4 heteroatoms. The summed E-state index contributed by atoms with van der Waals surface area (Å²) in [6.07, 6.45) is 1.37. The smallest absolute Gasteiger partial charge is 0.167 e. The van der Waals surface area contributed by atoms with Crippen LogP contribution in [0.15, 0.2) is 24.3 Å². The molecule has 1 unspecified atom stereocenters. The Bertz CT molecular complexity index is 614. The number of aliphatic hydroxyl groups is 1. The van der Waals surface area contributed by atoms with E-state index in [4.69, 9.17) is 0 Å². The van der Waals surface area contributed by atoms with Gasteiger partial charge < -0.3 is 5.11 Å². The van der Waals surface area contributed by atoms with Gasteiger partial charge in [-0.15, -0.1) is 0 Å². The highest BCUT2D eigenvalue weighted by Crippen LogP contribution is 2.33. The Labute approximate surface area is 112 Å². The molecule has 0 spiro atoms. The fourth-order valence-corrected chi connectivity index (χ4v) is 2.51. The lowest BCUT2D eigenvalue weighted by Crippen LogP contribution is -2.24. The first-order valence-electron chi connectivity index (χ1n) is 6.86. The molecule has 19 heavy (non-hydrogen) atoms. The molecule has 0 amide bonds. The van der Waals surface area contributed by atoms with Gasteiger partial charge in [0.25, 0.3) is 0 Å². The van der Waals surface area contributed by atoms with Crippen molar-refractivity contribution < 1.29 is 9.90 Å². The van der Waals surface area contributed by atoms with E-state index in [9.17, 15) is 9.90 Å². The molecule has 1 heterocycles. The minimum absolute atomic E-state index is 0.103. The van der Waals surface area contributed by atoms with E-state index in [1.165, 1.54) is 0 Å². The van der Waals surface area contributed by atoms with E-state index in [0.29, 0.717) is 0 Å². The highest BCUT2D eigenvalue weighted by Gasteiger charge is 2.34. The number of carbonyl (C=O) groups excluding carboxylic acids is 1. The normalized spacial score (nSPS) is 16.7. The molecule has 1 atom stereocenters. The zero-order chi connectivity index (χ0) is 13.4. The number of benzene rings is 1. The van der Waals surface area contributed by atoms with Crippen molar-refractivity contribution in [1.29, 1.82) is 0 Å². The maximum Gasteiger partial charge on any atom is 0.167 e. The van der Waals surface area contributed by atoms with Gasteiger partial charge in [0.15, 0.2) is 5.78 Å². The van der Waals surface area contributed by atoms with Crippen molar-refractivity contribution in [2.24, 2.45) is 5.92 Å². The van der Waals surface area contributed by atoms with Gasteiger partial charge in [0.2, 0.25) is 0 Å². The average Bonchev–Trinajstić information content (AvgIpc) is 3.22. The molecule has 0 aliphatic heterocycles. The van der Waals surface area contributed by atoms with Crippen LogP contribution >= 0.6 is 0 Å². The Morgan fingerprint density at radius 3 is 2.89 bits per heavy atom. The van der Waals surface area contributed by atoms with Crippen LogP contribution in [0.5, 0.6) is 0 Å². The summed E-state index contributed by atoms with van der Waals surface area (Å²) in [5.41, 5.74) is 1.83. The summed E-state index contributed by atoms with van der Waals surface area (Å²) in [5, 5.41) is 15.4. The minimum Gasteiger partial charge on any atom is -0.385 e. The molecule has 4 nitrogen and oxygen atoms in total. The number of carbonyl (C=O) groups is 1. The Balaban J connectivity index is 1.89. The molecule has 100 valence electrons. The second kappa shape index (κ2) is 4.78. The van der Waals surface area contributed by atoms with Crippen molar-refractivity contribution >= 4 is 16.7 Å². The number of ketones is 1. The lowest BCUT2D eigenvalue weighted by molar-refractivity contribution is -0.127. The number of fused-ring (bicyclic) bond motifs is 1. The van der Waals surface area contributed by atoms with Gasteiger partial charge in [-0.1, -0.05) is 18.2 Å². The first-order valence-corrected chi connectivity index (χ1v) is 6.86. The van der Waals surface area contributed by atoms with Gasteiger partial charge in [0.05, 0.1) is 17.6 Å². The maximum atomic E-state index is 12.0. The summed E-state index contributed by atoms with van der Waals surface area (Å²) in [6.45, 7) is 2.81. The molecule has 1 saturated carbocycles. The molecule has 0 saturated heterocycles. The highest BCUT2D eigenvalue weighted by molar-refractivity contribution is 5.90. The number of rotatable bonds is 5. The van der Waals surface area contributed by atoms with Gasteiger partial charge in [-0.2, -0.15) is 5.10 Å². The third-order valence-electron chi connectivity index (χ3n) is 3.77. The Morgan fingerprint density at radius 2 is 2.21 bits per heavy atom. The number of aryl methyl sites for hydroxylation is 1. The number of aliphatic hydroxyl groups excluding tert-OH is 1. The van der Waals surface area contributed by atoms with Crippen LogP contribution in [0.3, 0.4) is 0 Å². The van der Waals surface area contributed by atoms with Crippen molar-refractivity contribution in [3.05, 3.63) is 30.0 Å². The Kier molecular flexibility index (Phi) is 3.11. The molecule has 1 fully saturated rings.